The lowest BCUT2D eigenvalue weighted by atomic mass is 10.1. The fourth-order valence-electron chi connectivity index (χ4n) is 2.47. The highest BCUT2D eigenvalue weighted by Crippen LogP contribution is 2.26. The average molecular weight is 387 g/mol. The molecule has 28 heavy (non-hydrogen) atoms. The van der Waals surface area contributed by atoms with Gasteiger partial charge in [0, 0.05) is 30.4 Å². The Labute approximate surface area is 163 Å². The van der Waals surface area contributed by atoms with Crippen molar-refractivity contribution in [1.29, 1.82) is 0 Å². The van der Waals surface area contributed by atoms with Crippen molar-refractivity contribution in [1.82, 2.24) is 10.6 Å². The van der Waals surface area contributed by atoms with Gasteiger partial charge in [-0.3, -0.25) is 4.79 Å². The van der Waals surface area contributed by atoms with Crippen molar-refractivity contribution in [2.24, 2.45) is 0 Å². The van der Waals surface area contributed by atoms with Gasteiger partial charge in [-0.25, -0.2) is 4.79 Å². The molecule has 0 heterocycles. The average Bonchev–Trinajstić information content (AvgIpc) is 2.72. The zero-order chi connectivity index (χ0) is 20.5. The highest BCUT2D eigenvalue weighted by molar-refractivity contribution is 5.95. The molecule has 2 rings (SSSR count). The first kappa shape index (κ1) is 21.0. The monoisotopic (exact) mass is 387 g/mol. The zero-order valence-corrected chi connectivity index (χ0v) is 16.1. The Bertz CT molecular complexity index is 786. The molecule has 0 unspecified atom stereocenters. The van der Waals surface area contributed by atoms with E-state index in [0.717, 1.165) is 0 Å². The Kier molecular flexibility index (Phi) is 7.65. The Balaban J connectivity index is 1.90. The summed E-state index contributed by atoms with van der Waals surface area (Å²) in [6, 6.07) is 11.1. The molecule has 0 aliphatic carbocycles. The summed E-state index contributed by atoms with van der Waals surface area (Å²) in [5, 5.41) is 18.3. The quantitative estimate of drug-likeness (QED) is 0.556. The van der Waals surface area contributed by atoms with E-state index in [2.05, 4.69) is 16.0 Å². The predicted octanol–water partition coefficient (Wildman–Crippen LogP) is 2.31. The summed E-state index contributed by atoms with van der Waals surface area (Å²) in [6.45, 7) is 2.38. The fourth-order valence-corrected chi connectivity index (χ4v) is 2.47. The molecule has 2 aromatic rings. The first-order chi connectivity index (χ1) is 13.5. The topological polar surface area (TPSA) is 109 Å². The number of nitrogens with one attached hydrogen (secondary N) is 3. The minimum absolute atomic E-state index is 0.000848. The van der Waals surface area contributed by atoms with Gasteiger partial charge in [-0.2, -0.15) is 0 Å². The molecule has 0 aromatic heterocycles. The van der Waals surface area contributed by atoms with E-state index in [9.17, 15) is 14.7 Å². The van der Waals surface area contributed by atoms with Crippen LogP contribution in [-0.2, 0) is 0 Å². The molecule has 0 saturated heterocycles. The van der Waals surface area contributed by atoms with Gasteiger partial charge in [-0.15, -0.1) is 0 Å². The third kappa shape index (κ3) is 5.88. The largest absolute Gasteiger partial charge is 0.497 e. The predicted molar refractivity (Wildman–Crippen MR) is 106 cm³/mol. The third-order valence-corrected chi connectivity index (χ3v) is 3.96. The minimum atomic E-state index is -0.935. The SMILES string of the molecule is CCNC(=O)c1ccc(NC(=O)NC[C@@H](O)c2cc(OC)cc(OC)c2)cc1. The van der Waals surface area contributed by atoms with E-state index in [-0.39, 0.29) is 12.5 Å². The summed E-state index contributed by atoms with van der Waals surface area (Å²) >= 11 is 0. The molecule has 8 nitrogen and oxygen atoms in total. The maximum Gasteiger partial charge on any atom is 0.319 e. The fraction of sp³-hybridized carbons (Fsp3) is 0.300. The smallest absolute Gasteiger partial charge is 0.319 e. The molecular weight excluding hydrogens is 362 g/mol. The van der Waals surface area contributed by atoms with Gasteiger partial charge in [0.05, 0.1) is 20.3 Å². The third-order valence-electron chi connectivity index (χ3n) is 3.96. The van der Waals surface area contributed by atoms with Crippen LogP contribution in [0.3, 0.4) is 0 Å². The van der Waals surface area contributed by atoms with E-state index in [0.29, 0.717) is 34.9 Å². The second-order valence-corrected chi connectivity index (χ2v) is 5.93. The summed E-state index contributed by atoms with van der Waals surface area (Å²) in [5.74, 6) is 0.922. The highest BCUT2D eigenvalue weighted by atomic mass is 16.5. The Morgan fingerprint density at radius 2 is 1.61 bits per heavy atom. The van der Waals surface area contributed by atoms with Crippen LogP contribution in [0.25, 0.3) is 0 Å². The van der Waals surface area contributed by atoms with Crippen molar-refractivity contribution in [2.75, 3.05) is 32.6 Å². The lowest BCUT2D eigenvalue weighted by Crippen LogP contribution is -2.32. The van der Waals surface area contributed by atoms with Crippen LogP contribution in [0.15, 0.2) is 42.5 Å². The number of aliphatic hydroxyl groups is 1. The molecule has 3 amide bonds. The number of hydrogen-bond donors (Lipinski definition) is 4. The van der Waals surface area contributed by atoms with Gasteiger partial charge in [-0.05, 0) is 48.9 Å². The van der Waals surface area contributed by atoms with Crippen molar-refractivity contribution in [3.8, 4) is 11.5 Å². The summed E-state index contributed by atoms with van der Waals surface area (Å²) in [4.78, 5) is 23.8. The van der Waals surface area contributed by atoms with Crippen LogP contribution < -0.4 is 25.4 Å². The van der Waals surface area contributed by atoms with Crippen molar-refractivity contribution in [3.05, 3.63) is 53.6 Å². The van der Waals surface area contributed by atoms with E-state index >= 15 is 0 Å². The van der Waals surface area contributed by atoms with Crippen molar-refractivity contribution in [2.45, 2.75) is 13.0 Å². The maximum absolute atomic E-state index is 12.1. The minimum Gasteiger partial charge on any atom is -0.497 e. The molecule has 0 bridgehead atoms. The number of urea groups is 1. The molecule has 0 aliphatic heterocycles. The number of amides is 3. The normalized spacial score (nSPS) is 11.3. The standard InChI is InChI=1S/C20H25N3O5/c1-4-21-19(25)13-5-7-15(8-6-13)23-20(26)22-12-18(24)14-9-16(27-2)11-17(10-14)28-3/h5-11,18,24H,4,12H2,1-3H3,(H,21,25)(H2,22,23,26)/t18-/m1/s1. The van der Waals surface area contributed by atoms with Crippen molar-refractivity contribution >= 4 is 17.6 Å². The highest BCUT2D eigenvalue weighted by Gasteiger charge is 2.13. The van der Waals surface area contributed by atoms with E-state index in [1.807, 2.05) is 6.92 Å². The molecule has 0 spiro atoms. The van der Waals surface area contributed by atoms with Gasteiger partial charge in [0.15, 0.2) is 0 Å². The first-order valence-corrected chi connectivity index (χ1v) is 8.81. The van der Waals surface area contributed by atoms with Gasteiger partial charge < -0.3 is 30.5 Å². The van der Waals surface area contributed by atoms with E-state index in [1.165, 1.54) is 14.2 Å². The zero-order valence-electron chi connectivity index (χ0n) is 16.1. The second-order valence-electron chi connectivity index (χ2n) is 5.93. The molecular formula is C20H25N3O5. The summed E-state index contributed by atoms with van der Waals surface area (Å²) in [5.41, 5.74) is 1.60. The Hall–Kier alpha value is -3.26. The van der Waals surface area contributed by atoms with Crippen LogP contribution in [0.5, 0.6) is 11.5 Å². The van der Waals surface area contributed by atoms with Gasteiger partial charge >= 0.3 is 6.03 Å². The number of carbonyl (C=O) groups is 2. The number of methoxy groups -OCH3 is 2. The van der Waals surface area contributed by atoms with E-state index < -0.39 is 12.1 Å². The first-order valence-electron chi connectivity index (χ1n) is 8.81. The van der Waals surface area contributed by atoms with Gasteiger partial charge in [0.1, 0.15) is 11.5 Å². The summed E-state index contributed by atoms with van der Waals surface area (Å²) in [7, 11) is 3.04. The summed E-state index contributed by atoms with van der Waals surface area (Å²) in [6.07, 6.45) is -0.935. The number of anilines is 1. The Morgan fingerprint density at radius 3 is 2.14 bits per heavy atom. The van der Waals surface area contributed by atoms with Crippen molar-refractivity contribution < 1.29 is 24.2 Å². The van der Waals surface area contributed by atoms with Gasteiger partial charge in [-0.1, -0.05) is 0 Å². The molecule has 4 N–H and O–H groups in total. The molecule has 150 valence electrons. The molecule has 0 aliphatic rings. The molecule has 0 radical (unpaired) electrons. The second kappa shape index (κ2) is 10.2. The number of carbonyl (C=O) groups excluding carboxylic acids is 2. The number of aliphatic hydroxyl groups excluding tert-OH is 1. The van der Waals surface area contributed by atoms with Crippen LogP contribution in [0, 0.1) is 0 Å². The van der Waals surface area contributed by atoms with Crippen molar-refractivity contribution in [3.63, 3.8) is 0 Å². The van der Waals surface area contributed by atoms with Gasteiger partial charge in [0.25, 0.3) is 5.91 Å². The molecule has 1 atom stereocenters. The number of rotatable bonds is 8. The summed E-state index contributed by atoms with van der Waals surface area (Å²) < 4.78 is 10.3. The van der Waals surface area contributed by atoms with Crippen LogP contribution in [0.1, 0.15) is 28.9 Å². The lowest BCUT2D eigenvalue weighted by Gasteiger charge is -2.15. The van der Waals surface area contributed by atoms with Crippen LogP contribution in [0.4, 0.5) is 10.5 Å². The van der Waals surface area contributed by atoms with Crippen LogP contribution in [-0.4, -0.2) is 44.4 Å². The van der Waals surface area contributed by atoms with Crippen LogP contribution in [0.2, 0.25) is 0 Å². The maximum atomic E-state index is 12.1. The van der Waals surface area contributed by atoms with Gasteiger partial charge in [0.2, 0.25) is 0 Å². The van der Waals surface area contributed by atoms with E-state index in [1.54, 1.807) is 42.5 Å². The Morgan fingerprint density at radius 1 is 1.00 bits per heavy atom. The molecule has 0 fully saturated rings. The number of ether oxygens (including phenoxy) is 2. The van der Waals surface area contributed by atoms with Crippen LogP contribution >= 0.6 is 0 Å². The molecule has 0 saturated carbocycles. The molecule has 2 aromatic carbocycles. The number of hydrogen-bond acceptors (Lipinski definition) is 5. The lowest BCUT2D eigenvalue weighted by molar-refractivity contribution is 0.0956. The number of benzene rings is 2. The van der Waals surface area contributed by atoms with E-state index in [4.69, 9.17) is 9.47 Å². The molecule has 8 heteroatoms.